The minimum Gasteiger partial charge on any atom is -0.369 e. The van der Waals surface area contributed by atoms with E-state index >= 15 is 0 Å². The van der Waals surface area contributed by atoms with Crippen molar-refractivity contribution < 1.29 is 19.1 Å². The Kier molecular flexibility index (Phi) is 3.80. The number of nitrogens with one attached hydrogen (secondary N) is 1. The van der Waals surface area contributed by atoms with Gasteiger partial charge >= 0.3 is 6.03 Å². The maximum atomic E-state index is 12.4. The minimum atomic E-state index is -0.485. The van der Waals surface area contributed by atoms with Gasteiger partial charge in [-0.15, -0.1) is 11.3 Å². The van der Waals surface area contributed by atoms with Gasteiger partial charge in [0.2, 0.25) is 5.91 Å². The normalized spacial score (nSPS) is 22.7. The van der Waals surface area contributed by atoms with E-state index in [1.165, 1.54) is 10.4 Å². The molecule has 0 radical (unpaired) electrons. The zero-order chi connectivity index (χ0) is 16.7. The zero-order valence-corrected chi connectivity index (χ0v) is 14.1. The number of imide groups is 1. The van der Waals surface area contributed by atoms with Gasteiger partial charge in [-0.25, -0.2) is 4.79 Å². The molecule has 4 heterocycles. The number of ether oxygens (including phenoxy) is 1. The van der Waals surface area contributed by atoms with Gasteiger partial charge in [-0.2, -0.15) is 0 Å². The number of piperidine rings is 1. The molecule has 2 saturated heterocycles. The molecule has 0 unspecified atom stereocenters. The Bertz CT molecular complexity index is 677. The molecule has 4 amide bonds. The molecule has 0 atom stereocenters. The molecule has 2 fully saturated rings. The molecule has 0 saturated carbocycles. The Labute approximate surface area is 143 Å². The third kappa shape index (κ3) is 2.50. The lowest BCUT2D eigenvalue weighted by molar-refractivity contribution is -0.143. The number of hydrogen-bond acceptors (Lipinski definition) is 5. The molecule has 24 heavy (non-hydrogen) atoms. The van der Waals surface area contributed by atoms with Crippen molar-refractivity contribution in [3.8, 4) is 0 Å². The smallest absolute Gasteiger partial charge is 0.325 e. The fourth-order valence-corrected chi connectivity index (χ4v) is 4.86. The third-order valence-corrected chi connectivity index (χ3v) is 6.21. The van der Waals surface area contributed by atoms with Gasteiger partial charge in [0.05, 0.1) is 13.2 Å². The molecule has 1 N–H and O–H groups in total. The average molecular weight is 349 g/mol. The van der Waals surface area contributed by atoms with Crippen molar-refractivity contribution in [1.29, 1.82) is 0 Å². The van der Waals surface area contributed by atoms with Crippen LogP contribution in [0, 0.1) is 0 Å². The van der Waals surface area contributed by atoms with Crippen LogP contribution in [-0.4, -0.2) is 60.4 Å². The van der Waals surface area contributed by atoms with E-state index in [4.69, 9.17) is 4.74 Å². The first-order valence-electron chi connectivity index (χ1n) is 8.16. The SMILES string of the molecule is O=C(CN1C(=O)CNC1=O)N1CCC2(CC1)OCCc1ccsc12. The number of amides is 4. The van der Waals surface area contributed by atoms with Crippen molar-refractivity contribution in [1.82, 2.24) is 15.1 Å². The van der Waals surface area contributed by atoms with Crippen molar-refractivity contribution in [2.45, 2.75) is 24.9 Å². The summed E-state index contributed by atoms with van der Waals surface area (Å²) in [6, 6.07) is 1.68. The van der Waals surface area contributed by atoms with E-state index in [9.17, 15) is 14.4 Å². The van der Waals surface area contributed by atoms with Crippen LogP contribution in [0.4, 0.5) is 4.79 Å². The van der Waals surface area contributed by atoms with Crippen LogP contribution in [0.1, 0.15) is 23.3 Å². The van der Waals surface area contributed by atoms with Gasteiger partial charge in [0, 0.05) is 18.0 Å². The van der Waals surface area contributed by atoms with Gasteiger partial charge in [0.25, 0.3) is 5.91 Å². The van der Waals surface area contributed by atoms with E-state index in [-0.39, 0.29) is 30.5 Å². The topological polar surface area (TPSA) is 79.0 Å². The molecule has 0 bridgehead atoms. The predicted octanol–water partition coefficient (Wildman–Crippen LogP) is 0.690. The standard InChI is InChI=1S/C16H19N3O4S/c20-12-9-17-15(22)19(12)10-13(21)18-5-3-16(4-6-18)14-11(1-7-23-16)2-8-24-14/h2,8H,1,3-7,9-10H2,(H,17,22). The van der Waals surface area contributed by atoms with Crippen LogP contribution in [0.3, 0.4) is 0 Å². The summed E-state index contributed by atoms with van der Waals surface area (Å²) in [5, 5.41) is 4.54. The summed E-state index contributed by atoms with van der Waals surface area (Å²) in [7, 11) is 0. The maximum Gasteiger partial charge on any atom is 0.325 e. The summed E-state index contributed by atoms with van der Waals surface area (Å²) in [5.74, 6) is -0.530. The van der Waals surface area contributed by atoms with Crippen molar-refractivity contribution in [3.05, 3.63) is 21.9 Å². The van der Waals surface area contributed by atoms with Gasteiger partial charge in [0.1, 0.15) is 12.1 Å². The van der Waals surface area contributed by atoms with Crippen LogP contribution in [0.5, 0.6) is 0 Å². The molecular weight excluding hydrogens is 330 g/mol. The maximum absolute atomic E-state index is 12.4. The fraction of sp³-hybridized carbons (Fsp3) is 0.562. The summed E-state index contributed by atoms with van der Waals surface area (Å²) in [5.41, 5.74) is 1.10. The average Bonchev–Trinajstić information content (AvgIpc) is 3.19. The predicted molar refractivity (Wildman–Crippen MR) is 86.6 cm³/mol. The van der Waals surface area contributed by atoms with Gasteiger partial charge in [0.15, 0.2) is 0 Å². The Morgan fingerprint density at radius 1 is 1.33 bits per heavy atom. The number of rotatable bonds is 2. The number of carbonyl (C=O) groups excluding carboxylic acids is 3. The summed E-state index contributed by atoms with van der Waals surface area (Å²) in [4.78, 5) is 39.6. The van der Waals surface area contributed by atoms with Gasteiger partial charge < -0.3 is 15.0 Å². The Balaban J connectivity index is 1.41. The highest BCUT2D eigenvalue weighted by Gasteiger charge is 2.43. The van der Waals surface area contributed by atoms with E-state index in [2.05, 4.69) is 16.8 Å². The van der Waals surface area contributed by atoms with Crippen LogP contribution in [0.15, 0.2) is 11.4 Å². The van der Waals surface area contributed by atoms with Gasteiger partial charge in [-0.1, -0.05) is 0 Å². The monoisotopic (exact) mass is 349 g/mol. The number of urea groups is 1. The van der Waals surface area contributed by atoms with Gasteiger partial charge in [-0.05, 0) is 36.3 Å². The molecule has 0 aliphatic carbocycles. The Morgan fingerprint density at radius 2 is 2.12 bits per heavy atom. The molecule has 3 aliphatic heterocycles. The molecule has 1 spiro atoms. The molecule has 8 heteroatoms. The fourth-order valence-electron chi connectivity index (χ4n) is 3.69. The van der Waals surface area contributed by atoms with E-state index in [1.807, 2.05) is 0 Å². The second-order valence-electron chi connectivity index (χ2n) is 6.39. The highest BCUT2D eigenvalue weighted by molar-refractivity contribution is 7.10. The van der Waals surface area contributed by atoms with Crippen molar-refractivity contribution in [2.75, 3.05) is 32.8 Å². The lowest BCUT2D eigenvalue weighted by Crippen LogP contribution is -2.50. The van der Waals surface area contributed by atoms with Crippen LogP contribution in [-0.2, 0) is 26.3 Å². The van der Waals surface area contributed by atoms with Crippen LogP contribution < -0.4 is 5.32 Å². The second kappa shape index (κ2) is 5.86. The molecule has 128 valence electrons. The lowest BCUT2D eigenvalue weighted by Gasteiger charge is -2.43. The number of nitrogens with zero attached hydrogens (tertiary/aromatic N) is 2. The molecular formula is C16H19N3O4S. The van der Waals surface area contributed by atoms with Crippen molar-refractivity contribution in [2.24, 2.45) is 0 Å². The highest BCUT2D eigenvalue weighted by Crippen LogP contribution is 2.44. The number of fused-ring (bicyclic) bond motifs is 2. The van der Waals surface area contributed by atoms with E-state index in [0.717, 1.165) is 30.8 Å². The van der Waals surface area contributed by atoms with Crippen molar-refractivity contribution in [3.63, 3.8) is 0 Å². The molecule has 1 aromatic heterocycles. The zero-order valence-electron chi connectivity index (χ0n) is 13.2. The third-order valence-electron chi connectivity index (χ3n) is 5.06. The quantitative estimate of drug-likeness (QED) is 0.797. The summed E-state index contributed by atoms with van der Waals surface area (Å²) in [6.45, 7) is 1.69. The van der Waals surface area contributed by atoms with Crippen LogP contribution in [0.2, 0.25) is 0 Å². The molecule has 1 aromatic rings. The molecule has 0 aromatic carbocycles. The summed E-state index contributed by atoms with van der Waals surface area (Å²) < 4.78 is 6.13. The molecule has 7 nitrogen and oxygen atoms in total. The first-order chi connectivity index (χ1) is 11.6. The summed E-state index contributed by atoms with van der Waals surface area (Å²) >= 11 is 1.73. The van der Waals surface area contributed by atoms with E-state index < -0.39 is 6.03 Å². The Hall–Kier alpha value is -1.93. The number of thiophene rings is 1. The molecule has 3 aliphatic rings. The number of likely N-dealkylation sites (tertiary alicyclic amines) is 1. The number of hydrogen-bond donors (Lipinski definition) is 1. The van der Waals surface area contributed by atoms with E-state index in [0.29, 0.717) is 13.1 Å². The minimum absolute atomic E-state index is 0.0236. The highest BCUT2D eigenvalue weighted by atomic mass is 32.1. The van der Waals surface area contributed by atoms with Crippen molar-refractivity contribution >= 4 is 29.2 Å². The first-order valence-corrected chi connectivity index (χ1v) is 9.04. The van der Waals surface area contributed by atoms with Gasteiger partial charge in [-0.3, -0.25) is 14.5 Å². The molecule has 4 rings (SSSR count). The van der Waals surface area contributed by atoms with E-state index in [1.54, 1.807) is 16.2 Å². The lowest BCUT2D eigenvalue weighted by atomic mass is 9.85. The number of carbonyl (C=O) groups is 3. The summed E-state index contributed by atoms with van der Waals surface area (Å²) in [6.07, 6.45) is 2.47. The first kappa shape index (κ1) is 15.6. The Morgan fingerprint density at radius 3 is 2.83 bits per heavy atom. The van der Waals surface area contributed by atoms with Crippen LogP contribution >= 0.6 is 11.3 Å². The van der Waals surface area contributed by atoms with Crippen LogP contribution in [0.25, 0.3) is 0 Å². The largest absolute Gasteiger partial charge is 0.369 e. The second-order valence-corrected chi connectivity index (χ2v) is 7.30.